The number of nitrogens with two attached hydrogens (primary N) is 1. The Morgan fingerprint density at radius 1 is 1.29 bits per heavy atom. The molecule has 3 N–H and O–H groups in total. The molecule has 3 heteroatoms. The number of hydrogen-bond donors (Lipinski definition) is 2. The first-order valence-electron chi connectivity index (χ1n) is 6.67. The summed E-state index contributed by atoms with van der Waals surface area (Å²) >= 11 is 0. The smallest absolute Gasteiger partial charge is 0.0634 e. The zero-order chi connectivity index (χ0) is 12.5. The van der Waals surface area contributed by atoms with Gasteiger partial charge in [0, 0.05) is 6.20 Å². The monoisotopic (exact) mass is 235 g/mol. The maximum absolute atomic E-state index is 5.62. The average molecular weight is 235 g/mol. The van der Waals surface area contributed by atoms with E-state index in [1.54, 1.807) is 0 Å². The van der Waals surface area contributed by atoms with Crippen LogP contribution in [0.15, 0.2) is 18.3 Å². The average Bonchev–Trinajstić information content (AvgIpc) is 2.35. The lowest BCUT2D eigenvalue weighted by molar-refractivity contribution is 0.468. The molecular weight excluding hydrogens is 210 g/mol. The molecule has 1 heterocycles. The Morgan fingerprint density at radius 2 is 2.06 bits per heavy atom. The van der Waals surface area contributed by atoms with Gasteiger partial charge in [0.05, 0.1) is 11.7 Å². The summed E-state index contributed by atoms with van der Waals surface area (Å²) in [5.74, 6) is 5.62. The summed E-state index contributed by atoms with van der Waals surface area (Å²) in [6.07, 6.45) is 9.36. The van der Waals surface area contributed by atoms with Crippen LogP contribution in [0.1, 0.15) is 62.7 Å². The molecule has 3 nitrogen and oxygen atoms in total. The van der Waals surface area contributed by atoms with Crippen LogP contribution in [-0.4, -0.2) is 4.98 Å². The minimum Gasteiger partial charge on any atom is -0.271 e. The van der Waals surface area contributed by atoms with Gasteiger partial charge in [0.25, 0.3) is 0 Å². The van der Waals surface area contributed by atoms with Gasteiger partial charge in [-0.2, -0.15) is 0 Å². The molecule has 1 unspecified atom stereocenters. The molecule has 17 heavy (non-hydrogen) atoms. The largest absolute Gasteiger partial charge is 0.271 e. The molecule has 0 spiro atoms. The predicted octanol–water partition coefficient (Wildman–Crippen LogP) is 3.25. The van der Waals surface area contributed by atoms with Crippen molar-refractivity contribution in [3.05, 3.63) is 29.6 Å². The highest BCUT2D eigenvalue weighted by molar-refractivity contribution is 5.20. The Hall–Kier alpha value is -0.930. The van der Waals surface area contributed by atoms with Crippen LogP contribution < -0.4 is 11.3 Å². The second-order valence-electron chi connectivity index (χ2n) is 4.63. The first-order valence-corrected chi connectivity index (χ1v) is 6.67. The van der Waals surface area contributed by atoms with Gasteiger partial charge in [-0.15, -0.1) is 0 Å². The molecule has 0 aliphatic rings. The molecule has 0 aliphatic carbocycles. The Bertz CT molecular complexity index is 312. The maximum atomic E-state index is 5.62. The number of hydrogen-bond acceptors (Lipinski definition) is 3. The van der Waals surface area contributed by atoms with E-state index in [4.69, 9.17) is 5.84 Å². The summed E-state index contributed by atoms with van der Waals surface area (Å²) in [5.41, 5.74) is 5.19. The molecule has 1 rings (SSSR count). The van der Waals surface area contributed by atoms with Crippen LogP contribution in [0.25, 0.3) is 0 Å². The minimum atomic E-state index is 0.192. The van der Waals surface area contributed by atoms with Gasteiger partial charge in [0.1, 0.15) is 0 Å². The third-order valence-electron chi connectivity index (χ3n) is 3.18. The van der Waals surface area contributed by atoms with Gasteiger partial charge >= 0.3 is 0 Å². The van der Waals surface area contributed by atoms with Crippen molar-refractivity contribution >= 4 is 0 Å². The zero-order valence-corrected chi connectivity index (χ0v) is 11.1. The van der Waals surface area contributed by atoms with Crippen molar-refractivity contribution in [1.29, 1.82) is 0 Å². The highest BCUT2D eigenvalue weighted by atomic mass is 15.2. The molecule has 1 atom stereocenters. The van der Waals surface area contributed by atoms with Crippen molar-refractivity contribution in [2.24, 2.45) is 5.84 Å². The van der Waals surface area contributed by atoms with Crippen molar-refractivity contribution < 1.29 is 0 Å². The van der Waals surface area contributed by atoms with E-state index in [1.807, 2.05) is 12.3 Å². The van der Waals surface area contributed by atoms with Crippen molar-refractivity contribution in [3.63, 3.8) is 0 Å². The number of rotatable bonds is 8. The topological polar surface area (TPSA) is 50.9 Å². The van der Waals surface area contributed by atoms with Crippen molar-refractivity contribution in [2.45, 2.75) is 58.4 Å². The summed E-state index contributed by atoms with van der Waals surface area (Å²) in [7, 11) is 0. The predicted molar refractivity (Wildman–Crippen MR) is 72.4 cm³/mol. The summed E-state index contributed by atoms with van der Waals surface area (Å²) in [6.45, 7) is 4.32. The van der Waals surface area contributed by atoms with E-state index in [-0.39, 0.29) is 6.04 Å². The van der Waals surface area contributed by atoms with Crippen molar-refractivity contribution in [1.82, 2.24) is 10.4 Å². The summed E-state index contributed by atoms with van der Waals surface area (Å²) in [6, 6.07) is 4.25. The summed E-state index contributed by atoms with van der Waals surface area (Å²) in [5, 5.41) is 0. The van der Waals surface area contributed by atoms with Crippen molar-refractivity contribution in [2.75, 3.05) is 0 Å². The van der Waals surface area contributed by atoms with E-state index in [9.17, 15) is 0 Å². The van der Waals surface area contributed by atoms with Crippen LogP contribution >= 0.6 is 0 Å². The maximum Gasteiger partial charge on any atom is 0.0634 e. The number of hydrazine groups is 1. The van der Waals surface area contributed by atoms with Gasteiger partial charge in [0.15, 0.2) is 0 Å². The van der Waals surface area contributed by atoms with Crippen LogP contribution in [0.4, 0.5) is 0 Å². The van der Waals surface area contributed by atoms with Crippen LogP contribution in [-0.2, 0) is 0 Å². The molecule has 0 saturated heterocycles. The zero-order valence-electron chi connectivity index (χ0n) is 11.1. The summed E-state index contributed by atoms with van der Waals surface area (Å²) < 4.78 is 0. The Kier molecular flexibility index (Phi) is 6.82. The van der Waals surface area contributed by atoms with E-state index >= 15 is 0 Å². The lowest BCUT2D eigenvalue weighted by Gasteiger charge is -2.17. The molecule has 96 valence electrons. The van der Waals surface area contributed by atoms with Gasteiger partial charge in [-0.1, -0.05) is 45.1 Å². The highest BCUT2D eigenvalue weighted by Crippen LogP contribution is 2.20. The Labute approximate surface area is 105 Å². The fourth-order valence-corrected chi connectivity index (χ4v) is 2.11. The van der Waals surface area contributed by atoms with Gasteiger partial charge in [-0.25, -0.2) is 0 Å². The molecule has 0 aliphatic heterocycles. The second-order valence-corrected chi connectivity index (χ2v) is 4.63. The molecule has 0 saturated carbocycles. The Balaban J connectivity index is 2.41. The van der Waals surface area contributed by atoms with E-state index < -0.39 is 0 Å². The molecule has 0 bridgehead atoms. The molecule has 0 aromatic carbocycles. The van der Waals surface area contributed by atoms with Crippen LogP contribution in [0.2, 0.25) is 0 Å². The van der Waals surface area contributed by atoms with Gasteiger partial charge in [-0.05, 0) is 25.0 Å². The fraction of sp³-hybridized carbons (Fsp3) is 0.643. The van der Waals surface area contributed by atoms with Crippen molar-refractivity contribution in [3.8, 4) is 0 Å². The van der Waals surface area contributed by atoms with E-state index in [1.165, 1.54) is 37.7 Å². The SMILES string of the molecule is CCCCCCCC(NN)c1ncccc1C. The third-order valence-corrected chi connectivity index (χ3v) is 3.18. The lowest BCUT2D eigenvalue weighted by Crippen LogP contribution is -2.29. The first kappa shape index (κ1) is 14.1. The molecule has 1 aromatic rings. The number of nitrogens with zero attached hydrogens (tertiary/aromatic N) is 1. The van der Waals surface area contributed by atoms with Gasteiger partial charge < -0.3 is 0 Å². The van der Waals surface area contributed by atoms with Gasteiger partial charge in [0.2, 0.25) is 0 Å². The molecule has 0 amide bonds. The highest BCUT2D eigenvalue weighted by Gasteiger charge is 2.12. The normalized spacial score (nSPS) is 12.6. The van der Waals surface area contributed by atoms with E-state index in [0.717, 1.165) is 12.1 Å². The number of pyridine rings is 1. The molecule has 1 aromatic heterocycles. The third kappa shape index (κ3) is 4.84. The Morgan fingerprint density at radius 3 is 2.71 bits per heavy atom. The van der Waals surface area contributed by atoms with E-state index in [0.29, 0.717) is 0 Å². The molecule has 0 fully saturated rings. The molecular formula is C14H25N3. The standard InChI is InChI=1S/C14H25N3/c1-3-4-5-6-7-10-13(17-15)14-12(2)9-8-11-16-14/h8-9,11,13,17H,3-7,10,15H2,1-2H3. The number of aromatic nitrogens is 1. The summed E-state index contributed by atoms with van der Waals surface area (Å²) in [4.78, 5) is 4.42. The number of unbranched alkanes of at least 4 members (excludes halogenated alkanes) is 4. The first-order chi connectivity index (χ1) is 8.29. The number of nitrogens with one attached hydrogen (secondary N) is 1. The van der Waals surface area contributed by atoms with E-state index in [2.05, 4.69) is 30.3 Å². The number of aryl methyl sites for hydroxylation is 1. The van der Waals surface area contributed by atoms with Crippen LogP contribution in [0, 0.1) is 6.92 Å². The van der Waals surface area contributed by atoms with Crippen LogP contribution in [0.5, 0.6) is 0 Å². The van der Waals surface area contributed by atoms with Crippen LogP contribution in [0.3, 0.4) is 0 Å². The van der Waals surface area contributed by atoms with Gasteiger partial charge in [-0.3, -0.25) is 16.3 Å². The molecule has 0 radical (unpaired) electrons. The second kappa shape index (κ2) is 8.20. The minimum absolute atomic E-state index is 0.192. The fourth-order valence-electron chi connectivity index (χ4n) is 2.11. The quantitative estimate of drug-likeness (QED) is 0.413. The lowest BCUT2D eigenvalue weighted by atomic mass is 10.0.